The normalized spacial score (nSPS) is 27.3. The van der Waals surface area contributed by atoms with Gasteiger partial charge in [0.25, 0.3) is 0 Å². The first kappa shape index (κ1) is 11.4. The van der Waals surface area contributed by atoms with Crippen molar-refractivity contribution >= 4 is 0 Å². The van der Waals surface area contributed by atoms with Crippen molar-refractivity contribution in [1.82, 2.24) is 0 Å². The zero-order chi connectivity index (χ0) is 10.8. The van der Waals surface area contributed by atoms with Gasteiger partial charge in [-0.3, -0.25) is 0 Å². The van der Waals surface area contributed by atoms with Crippen molar-refractivity contribution in [2.45, 2.75) is 53.2 Å². The lowest BCUT2D eigenvalue weighted by molar-refractivity contribution is -0.107. The van der Waals surface area contributed by atoms with Crippen LogP contribution in [-0.4, -0.2) is 12.2 Å². The number of hydrogen-bond acceptors (Lipinski definition) is 2. The second kappa shape index (κ2) is 4.24. The molecule has 0 aromatic heterocycles. The first-order chi connectivity index (χ1) is 6.49. The molecular weight excluding hydrogens is 176 g/mol. The Hall–Kier alpha value is -0.660. The van der Waals surface area contributed by atoms with Gasteiger partial charge in [0.15, 0.2) is 0 Å². The topological polar surface area (TPSA) is 18.5 Å². The van der Waals surface area contributed by atoms with Crippen LogP contribution in [0.25, 0.3) is 0 Å². The van der Waals surface area contributed by atoms with Crippen molar-refractivity contribution in [3.05, 3.63) is 12.5 Å². The van der Waals surface area contributed by atoms with Crippen molar-refractivity contribution in [3.8, 4) is 0 Å². The summed E-state index contributed by atoms with van der Waals surface area (Å²) < 4.78 is 11.3. The van der Waals surface area contributed by atoms with Crippen LogP contribution in [0.3, 0.4) is 0 Å². The monoisotopic (exact) mass is 198 g/mol. The van der Waals surface area contributed by atoms with Crippen LogP contribution < -0.4 is 0 Å². The third-order valence-corrected chi connectivity index (χ3v) is 3.15. The van der Waals surface area contributed by atoms with Crippen LogP contribution >= 0.6 is 0 Å². The van der Waals surface area contributed by atoms with E-state index in [9.17, 15) is 0 Å². The first-order valence-electron chi connectivity index (χ1n) is 5.45. The predicted molar refractivity (Wildman–Crippen MR) is 57.8 cm³/mol. The fourth-order valence-corrected chi connectivity index (χ4v) is 1.73. The van der Waals surface area contributed by atoms with E-state index in [0.717, 1.165) is 6.42 Å². The first-order valence-corrected chi connectivity index (χ1v) is 5.45. The molecule has 2 unspecified atom stereocenters. The average Bonchev–Trinajstić information content (AvgIpc) is 2.18. The maximum atomic E-state index is 5.70. The van der Waals surface area contributed by atoms with Crippen LogP contribution in [0.5, 0.6) is 0 Å². The highest BCUT2D eigenvalue weighted by atomic mass is 16.6. The van der Waals surface area contributed by atoms with E-state index in [1.807, 2.05) is 0 Å². The molecule has 1 heterocycles. The Morgan fingerprint density at radius 3 is 2.29 bits per heavy atom. The van der Waals surface area contributed by atoms with Gasteiger partial charge in [-0.15, -0.1) is 0 Å². The van der Waals surface area contributed by atoms with Gasteiger partial charge >= 0.3 is 0 Å². The molecule has 0 amide bonds. The van der Waals surface area contributed by atoms with E-state index in [-0.39, 0.29) is 17.6 Å². The molecular formula is C12H22O2. The SMILES string of the molecule is CCC(C)(C)C1OC=COC1C(C)C. The van der Waals surface area contributed by atoms with Crippen LogP contribution in [0.4, 0.5) is 0 Å². The summed E-state index contributed by atoms with van der Waals surface area (Å²) in [6.45, 7) is 11.0. The van der Waals surface area contributed by atoms with Crippen molar-refractivity contribution in [3.63, 3.8) is 0 Å². The van der Waals surface area contributed by atoms with Crippen molar-refractivity contribution in [1.29, 1.82) is 0 Å². The zero-order valence-corrected chi connectivity index (χ0v) is 9.91. The Morgan fingerprint density at radius 2 is 1.79 bits per heavy atom. The summed E-state index contributed by atoms with van der Waals surface area (Å²) in [6, 6.07) is 0. The summed E-state index contributed by atoms with van der Waals surface area (Å²) in [7, 11) is 0. The fourth-order valence-electron chi connectivity index (χ4n) is 1.73. The maximum absolute atomic E-state index is 5.70. The van der Waals surface area contributed by atoms with Gasteiger partial charge in [-0.25, -0.2) is 0 Å². The Morgan fingerprint density at radius 1 is 1.21 bits per heavy atom. The molecule has 1 aliphatic heterocycles. The van der Waals surface area contributed by atoms with Gasteiger partial charge in [-0.1, -0.05) is 34.6 Å². The van der Waals surface area contributed by atoms with Crippen molar-refractivity contribution in [2.75, 3.05) is 0 Å². The Labute approximate surface area is 87.3 Å². The van der Waals surface area contributed by atoms with E-state index in [0.29, 0.717) is 5.92 Å². The molecule has 2 atom stereocenters. The predicted octanol–water partition coefficient (Wildman–Crippen LogP) is 3.33. The van der Waals surface area contributed by atoms with Crippen LogP contribution in [0, 0.1) is 11.3 Å². The lowest BCUT2D eigenvalue weighted by atomic mass is 9.78. The van der Waals surface area contributed by atoms with Crippen molar-refractivity contribution in [2.24, 2.45) is 11.3 Å². The van der Waals surface area contributed by atoms with Crippen LogP contribution in [0.1, 0.15) is 41.0 Å². The zero-order valence-electron chi connectivity index (χ0n) is 9.91. The highest BCUT2D eigenvalue weighted by Gasteiger charge is 2.39. The van der Waals surface area contributed by atoms with Gasteiger partial charge < -0.3 is 9.47 Å². The molecule has 0 saturated carbocycles. The highest BCUT2D eigenvalue weighted by molar-refractivity contribution is 4.91. The third kappa shape index (κ3) is 2.23. The molecule has 0 fully saturated rings. The molecule has 0 N–H and O–H groups in total. The van der Waals surface area contributed by atoms with E-state index in [1.54, 1.807) is 12.5 Å². The van der Waals surface area contributed by atoms with Crippen molar-refractivity contribution < 1.29 is 9.47 Å². The van der Waals surface area contributed by atoms with E-state index < -0.39 is 0 Å². The molecule has 2 heteroatoms. The van der Waals surface area contributed by atoms with E-state index in [4.69, 9.17) is 9.47 Å². The molecule has 0 spiro atoms. The summed E-state index contributed by atoms with van der Waals surface area (Å²) in [4.78, 5) is 0. The highest BCUT2D eigenvalue weighted by Crippen LogP contribution is 2.35. The molecule has 1 rings (SSSR count). The molecule has 0 radical (unpaired) electrons. The summed E-state index contributed by atoms with van der Waals surface area (Å²) in [5, 5.41) is 0. The molecule has 0 aliphatic carbocycles. The Balaban J connectivity index is 2.79. The molecule has 1 aliphatic rings. The smallest absolute Gasteiger partial charge is 0.140 e. The van der Waals surface area contributed by atoms with Gasteiger partial charge in [0.2, 0.25) is 0 Å². The van der Waals surface area contributed by atoms with Gasteiger partial charge in [-0.2, -0.15) is 0 Å². The summed E-state index contributed by atoms with van der Waals surface area (Å²) in [5.74, 6) is 0.482. The van der Waals surface area contributed by atoms with Gasteiger partial charge in [-0.05, 0) is 12.3 Å². The minimum atomic E-state index is 0.164. The molecule has 2 nitrogen and oxygen atoms in total. The maximum Gasteiger partial charge on any atom is 0.140 e. The largest absolute Gasteiger partial charge is 0.491 e. The average molecular weight is 198 g/mol. The molecule has 0 saturated heterocycles. The third-order valence-electron chi connectivity index (χ3n) is 3.15. The fraction of sp³-hybridized carbons (Fsp3) is 0.833. The van der Waals surface area contributed by atoms with E-state index in [1.165, 1.54) is 0 Å². The Kier molecular flexibility index (Phi) is 3.46. The number of rotatable bonds is 3. The molecule has 14 heavy (non-hydrogen) atoms. The summed E-state index contributed by atoms with van der Waals surface area (Å²) in [5.41, 5.74) is 0.166. The van der Waals surface area contributed by atoms with Gasteiger partial charge in [0.05, 0.1) is 0 Å². The summed E-state index contributed by atoms with van der Waals surface area (Å²) in [6.07, 6.45) is 4.76. The quantitative estimate of drug-likeness (QED) is 0.692. The van der Waals surface area contributed by atoms with Crippen LogP contribution in [-0.2, 0) is 9.47 Å². The minimum Gasteiger partial charge on any atom is -0.491 e. The molecule has 82 valence electrons. The molecule has 0 bridgehead atoms. The summed E-state index contributed by atoms with van der Waals surface area (Å²) >= 11 is 0. The molecule has 0 aromatic carbocycles. The van der Waals surface area contributed by atoms with Gasteiger partial charge in [0, 0.05) is 5.41 Å². The van der Waals surface area contributed by atoms with Gasteiger partial charge in [0.1, 0.15) is 24.7 Å². The van der Waals surface area contributed by atoms with Crippen LogP contribution in [0.15, 0.2) is 12.5 Å². The molecule has 0 aromatic rings. The van der Waals surface area contributed by atoms with E-state index >= 15 is 0 Å². The standard InChI is InChI=1S/C12H22O2/c1-6-12(4,5)11-10(9(2)3)13-7-8-14-11/h7-11H,6H2,1-5H3. The Bertz CT molecular complexity index is 206. The lowest BCUT2D eigenvalue weighted by Crippen LogP contribution is -2.45. The minimum absolute atomic E-state index is 0.164. The van der Waals surface area contributed by atoms with E-state index in [2.05, 4.69) is 34.6 Å². The lowest BCUT2D eigenvalue weighted by Gasteiger charge is -2.41. The number of ether oxygens (including phenoxy) is 2. The second-order valence-corrected chi connectivity index (χ2v) is 5.02. The van der Waals surface area contributed by atoms with Crippen LogP contribution in [0.2, 0.25) is 0 Å². The number of hydrogen-bond donors (Lipinski definition) is 0. The second-order valence-electron chi connectivity index (χ2n) is 5.02.